The maximum Gasteiger partial charge on any atom is 0.143 e. The van der Waals surface area contributed by atoms with Gasteiger partial charge in [0, 0.05) is 36.7 Å². The van der Waals surface area contributed by atoms with E-state index in [1.54, 1.807) is 12.1 Å². The van der Waals surface area contributed by atoms with Gasteiger partial charge in [0.05, 0.1) is 0 Å². The Morgan fingerprint density at radius 3 is 2.84 bits per heavy atom. The fraction of sp³-hybridized carbons (Fsp3) is 0.400. The van der Waals surface area contributed by atoms with Crippen LogP contribution < -0.4 is 0 Å². The summed E-state index contributed by atoms with van der Waals surface area (Å²) < 4.78 is 19.3. The molecule has 0 atom stereocenters. The van der Waals surface area contributed by atoms with E-state index in [-0.39, 0.29) is 5.82 Å². The van der Waals surface area contributed by atoms with Crippen LogP contribution in [-0.4, -0.2) is 22.6 Å². The molecule has 0 unspecified atom stereocenters. The first kappa shape index (κ1) is 12.4. The van der Waals surface area contributed by atoms with E-state index >= 15 is 0 Å². The molecular formula is C15H17FN2O. The lowest BCUT2D eigenvalue weighted by Crippen LogP contribution is -2.35. The van der Waals surface area contributed by atoms with Crippen molar-refractivity contribution in [1.29, 1.82) is 0 Å². The van der Waals surface area contributed by atoms with Crippen molar-refractivity contribution in [3.8, 4) is 11.3 Å². The molecule has 0 fully saturated rings. The predicted molar refractivity (Wildman–Crippen MR) is 71.1 cm³/mol. The van der Waals surface area contributed by atoms with E-state index in [9.17, 15) is 4.39 Å². The second-order valence-corrected chi connectivity index (χ2v) is 5.23. The molecule has 0 saturated heterocycles. The minimum absolute atomic E-state index is 0.250. The van der Waals surface area contributed by atoms with Crippen molar-refractivity contribution < 1.29 is 8.91 Å². The Bertz CT molecular complexity index is 592. The van der Waals surface area contributed by atoms with E-state index in [0.29, 0.717) is 17.3 Å². The summed E-state index contributed by atoms with van der Waals surface area (Å²) in [5, 5.41) is 4.08. The van der Waals surface area contributed by atoms with Crippen LogP contribution in [0.1, 0.15) is 25.2 Å². The van der Waals surface area contributed by atoms with Gasteiger partial charge in [0.2, 0.25) is 0 Å². The molecule has 2 aromatic rings. The van der Waals surface area contributed by atoms with Crippen LogP contribution in [0.25, 0.3) is 11.3 Å². The van der Waals surface area contributed by atoms with Crippen LogP contribution in [0.3, 0.4) is 0 Å². The molecule has 0 amide bonds. The average molecular weight is 260 g/mol. The van der Waals surface area contributed by atoms with Crippen molar-refractivity contribution >= 4 is 0 Å². The number of benzene rings is 1. The Balaban J connectivity index is 2.02. The number of halogens is 1. The lowest BCUT2D eigenvalue weighted by Gasteiger charge is -2.29. The number of nitrogens with zero attached hydrogens (tertiary/aromatic N) is 2. The van der Waals surface area contributed by atoms with E-state index in [1.165, 1.54) is 6.07 Å². The van der Waals surface area contributed by atoms with Gasteiger partial charge in [-0.25, -0.2) is 4.39 Å². The van der Waals surface area contributed by atoms with Gasteiger partial charge in [-0.2, -0.15) is 0 Å². The smallest absolute Gasteiger partial charge is 0.143 e. The Morgan fingerprint density at radius 1 is 1.32 bits per heavy atom. The van der Waals surface area contributed by atoms with Gasteiger partial charge >= 0.3 is 0 Å². The van der Waals surface area contributed by atoms with Gasteiger partial charge in [-0.1, -0.05) is 17.3 Å². The summed E-state index contributed by atoms with van der Waals surface area (Å²) in [6.45, 7) is 6.08. The van der Waals surface area contributed by atoms with Crippen LogP contribution >= 0.6 is 0 Å². The van der Waals surface area contributed by atoms with Crippen LogP contribution in [0.5, 0.6) is 0 Å². The van der Waals surface area contributed by atoms with Gasteiger partial charge in [-0.05, 0) is 26.0 Å². The number of fused-ring (bicyclic) bond motifs is 1. The zero-order valence-corrected chi connectivity index (χ0v) is 11.2. The summed E-state index contributed by atoms with van der Waals surface area (Å²) in [6.07, 6.45) is 0.842. The molecule has 0 radical (unpaired) electrons. The first-order chi connectivity index (χ1) is 9.16. The van der Waals surface area contributed by atoms with Gasteiger partial charge in [0.15, 0.2) is 0 Å². The molecule has 2 heterocycles. The van der Waals surface area contributed by atoms with Gasteiger partial charge in [0.1, 0.15) is 17.3 Å². The molecule has 0 bridgehead atoms. The minimum atomic E-state index is -0.250. The Hall–Kier alpha value is -1.68. The zero-order valence-electron chi connectivity index (χ0n) is 11.2. The van der Waals surface area contributed by atoms with Crippen LogP contribution in [0.4, 0.5) is 4.39 Å². The molecule has 1 aromatic heterocycles. The van der Waals surface area contributed by atoms with Crippen LogP contribution in [0.15, 0.2) is 28.8 Å². The molecule has 0 N–H and O–H groups in total. The number of hydrogen-bond acceptors (Lipinski definition) is 3. The fourth-order valence-electron chi connectivity index (χ4n) is 2.54. The fourth-order valence-corrected chi connectivity index (χ4v) is 2.54. The third-order valence-electron chi connectivity index (χ3n) is 3.72. The normalized spacial score (nSPS) is 15.8. The molecule has 0 aliphatic carbocycles. The molecular weight excluding hydrogens is 243 g/mol. The average Bonchev–Trinajstić information content (AvgIpc) is 2.82. The standard InChI is InChI=1S/C15H17FN2O/c1-10(2)18-8-7-14-12(9-18)15(17-19-14)11-5-3-4-6-13(11)16/h3-6,10H,7-9H2,1-2H3. The monoisotopic (exact) mass is 260 g/mol. The highest BCUT2D eigenvalue weighted by molar-refractivity contribution is 5.64. The van der Waals surface area contributed by atoms with E-state index < -0.39 is 0 Å². The molecule has 1 aliphatic heterocycles. The summed E-state index contributed by atoms with van der Waals surface area (Å²) in [4.78, 5) is 2.35. The maximum atomic E-state index is 13.9. The second kappa shape index (κ2) is 4.78. The molecule has 1 aliphatic rings. The van der Waals surface area contributed by atoms with Crippen molar-refractivity contribution in [2.24, 2.45) is 0 Å². The summed E-state index contributed by atoms with van der Waals surface area (Å²) >= 11 is 0. The van der Waals surface area contributed by atoms with Crippen molar-refractivity contribution in [2.45, 2.75) is 32.9 Å². The first-order valence-electron chi connectivity index (χ1n) is 6.63. The third-order valence-corrected chi connectivity index (χ3v) is 3.72. The van der Waals surface area contributed by atoms with Crippen molar-refractivity contribution in [1.82, 2.24) is 10.1 Å². The first-order valence-corrected chi connectivity index (χ1v) is 6.63. The van der Waals surface area contributed by atoms with Crippen molar-refractivity contribution in [2.75, 3.05) is 6.54 Å². The highest BCUT2D eigenvalue weighted by Crippen LogP contribution is 2.31. The van der Waals surface area contributed by atoms with E-state index in [0.717, 1.165) is 30.8 Å². The Morgan fingerprint density at radius 2 is 2.11 bits per heavy atom. The number of aromatic nitrogens is 1. The van der Waals surface area contributed by atoms with Gasteiger partial charge < -0.3 is 4.52 Å². The summed E-state index contributed by atoms with van der Waals surface area (Å²) in [5.74, 6) is 0.649. The number of hydrogen-bond donors (Lipinski definition) is 0. The lowest BCUT2D eigenvalue weighted by molar-refractivity contribution is 0.192. The quantitative estimate of drug-likeness (QED) is 0.830. The number of rotatable bonds is 2. The summed E-state index contributed by atoms with van der Waals surface area (Å²) in [6, 6.07) is 7.19. The van der Waals surface area contributed by atoms with Crippen molar-refractivity contribution in [3.05, 3.63) is 41.4 Å². The topological polar surface area (TPSA) is 29.3 Å². The third kappa shape index (κ3) is 2.16. The van der Waals surface area contributed by atoms with Gasteiger partial charge in [0.25, 0.3) is 0 Å². The molecule has 3 rings (SSSR count). The van der Waals surface area contributed by atoms with Crippen molar-refractivity contribution in [3.63, 3.8) is 0 Å². The van der Waals surface area contributed by atoms with Crippen LogP contribution in [0.2, 0.25) is 0 Å². The molecule has 100 valence electrons. The van der Waals surface area contributed by atoms with Gasteiger partial charge in [-0.15, -0.1) is 0 Å². The van der Waals surface area contributed by atoms with Crippen LogP contribution in [-0.2, 0) is 13.0 Å². The van der Waals surface area contributed by atoms with Gasteiger partial charge in [-0.3, -0.25) is 4.90 Å². The molecule has 3 nitrogen and oxygen atoms in total. The minimum Gasteiger partial charge on any atom is -0.360 e. The van der Waals surface area contributed by atoms with E-state index in [4.69, 9.17) is 4.52 Å². The lowest BCUT2D eigenvalue weighted by atomic mass is 10.0. The van der Waals surface area contributed by atoms with E-state index in [1.807, 2.05) is 6.07 Å². The summed E-state index contributed by atoms with van der Waals surface area (Å²) in [5.41, 5.74) is 2.21. The van der Waals surface area contributed by atoms with Crippen LogP contribution in [0, 0.1) is 5.82 Å². The highest BCUT2D eigenvalue weighted by Gasteiger charge is 2.26. The Kier molecular flexibility index (Phi) is 3.11. The molecule has 0 saturated carbocycles. The predicted octanol–water partition coefficient (Wildman–Crippen LogP) is 3.25. The molecule has 19 heavy (non-hydrogen) atoms. The maximum absolute atomic E-state index is 13.9. The second-order valence-electron chi connectivity index (χ2n) is 5.23. The highest BCUT2D eigenvalue weighted by atomic mass is 19.1. The molecule has 4 heteroatoms. The molecule has 1 aromatic carbocycles. The Labute approximate surface area is 112 Å². The zero-order chi connectivity index (χ0) is 13.4. The largest absolute Gasteiger partial charge is 0.360 e. The molecule has 0 spiro atoms. The summed E-state index contributed by atoms with van der Waals surface area (Å²) in [7, 11) is 0. The van der Waals surface area contributed by atoms with E-state index in [2.05, 4.69) is 23.9 Å². The SMILES string of the molecule is CC(C)N1CCc2onc(-c3ccccc3F)c2C1.